The topological polar surface area (TPSA) is 81.1 Å². The minimum atomic E-state index is -0.804. The fourth-order valence-corrected chi connectivity index (χ4v) is 3.96. The largest absolute Gasteiger partial charge is 0.493 e. The monoisotopic (exact) mass is 386 g/mol. The van der Waals surface area contributed by atoms with Gasteiger partial charge < -0.3 is 19.3 Å². The van der Waals surface area contributed by atoms with Crippen LogP contribution in [-0.4, -0.2) is 54.9 Å². The summed E-state index contributed by atoms with van der Waals surface area (Å²) in [5.74, 6) is 0.788. The van der Waals surface area contributed by atoms with Gasteiger partial charge in [-0.3, -0.25) is 14.7 Å². The number of hydrogen-bond acceptors (Lipinski definition) is 6. The zero-order chi connectivity index (χ0) is 20.3. The van der Waals surface area contributed by atoms with Gasteiger partial charge in [0.25, 0.3) is 0 Å². The van der Waals surface area contributed by atoms with E-state index >= 15 is 0 Å². The van der Waals surface area contributed by atoms with Crippen LogP contribution in [0.5, 0.6) is 17.2 Å². The van der Waals surface area contributed by atoms with E-state index in [2.05, 4.69) is 4.98 Å². The fraction of sp³-hybridized carbons (Fsp3) is 0.429. The Hall–Kier alpha value is -2.80. The van der Waals surface area contributed by atoms with Gasteiger partial charge in [-0.2, -0.15) is 0 Å². The van der Waals surface area contributed by atoms with E-state index in [0.717, 1.165) is 23.1 Å². The number of ether oxygens (including phenoxy) is 3. The third kappa shape index (κ3) is 3.62. The van der Waals surface area contributed by atoms with Gasteiger partial charge >= 0.3 is 5.97 Å². The van der Waals surface area contributed by atoms with Crippen molar-refractivity contribution in [3.63, 3.8) is 0 Å². The molecule has 1 aliphatic rings. The summed E-state index contributed by atoms with van der Waals surface area (Å²) in [6.07, 6.45) is 4.99. The van der Waals surface area contributed by atoms with E-state index in [4.69, 9.17) is 14.2 Å². The number of aromatic nitrogens is 1. The number of methoxy groups -OCH3 is 3. The van der Waals surface area contributed by atoms with Crippen LogP contribution in [0, 0.1) is 6.92 Å². The Morgan fingerprint density at radius 2 is 1.89 bits per heavy atom. The van der Waals surface area contributed by atoms with Gasteiger partial charge in [-0.1, -0.05) is 0 Å². The Morgan fingerprint density at radius 1 is 1.21 bits per heavy atom. The molecule has 2 aromatic rings. The minimum Gasteiger partial charge on any atom is -0.493 e. The molecule has 0 amide bonds. The zero-order valence-electron chi connectivity index (χ0n) is 16.6. The van der Waals surface area contributed by atoms with Crippen LogP contribution in [0.25, 0.3) is 0 Å². The number of carbonyl (C=O) groups is 1. The van der Waals surface area contributed by atoms with Crippen molar-refractivity contribution in [2.45, 2.75) is 31.8 Å². The van der Waals surface area contributed by atoms with Crippen molar-refractivity contribution >= 4 is 5.97 Å². The first-order valence-electron chi connectivity index (χ1n) is 9.20. The number of aryl methyl sites for hydroxylation is 1. The molecule has 1 aromatic heterocycles. The van der Waals surface area contributed by atoms with Gasteiger partial charge in [-0.05, 0) is 54.7 Å². The number of aliphatic carboxylic acids is 1. The first-order chi connectivity index (χ1) is 13.5. The van der Waals surface area contributed by atoms with Crippen LogP contribution in [0.1, 0.15) is 35.6 Å². The number of likely N-dealkylation sites (tertiary alicyclic amines) is 1. The highest BCUT2D eigenvalue weighted by atomic mass is 16.5. The molecule has 150 valence electrons. The molecule has 0 saturated carbocycles. The van der Waals surface area contributed by atoms with Crippen LogP contribution in [0.4, 0.5) is 0 Å². The number of carboxylic acid groups (broad SMARTS) is 1. The van der Waals surface area contributed by atoms with Crippen molar-refractivity contribution < 1.29 is 24.1 Å². The van der Waals surface area contributed by atoms with Gasteiger partial charge in [0.05, 0.1) is 27.4 Å². The lowest BCUT2D eigenvalue weighted by Crippen LogP contribution is -2.39. The van der Waals surface area contributed by atoms with E-state index in [1.54, 1.807) is 33.7 Å². The van der Waals surface area contributed by atoms with E-state index in [9.17, 15) is 9.90 Å². The molecule has 1 aliphatic heterocycles. The Balaban J connectivity index is 2.20. The van der Waals surface area contributed by atoms with Crippen molar-refractivity contribution in [1.29, 1.82) is 0 Å². The molecule has 2 unspecified atom stereocenters. The Morgan fingerprint density at radius 3 is 2.43 bits per heavy atom. The summed E-state index contributed by atoms with van der Waals surface area (Å²) >= 11 is 0. The van der Waals surface area contributed by atoms with Crippen molar-refractivity contribution in [3.05, 3.63) is 47.3 Å². The van der Waals surface area contributed by atoms with Crippen LogP contribution in [0.15, 0.2) is 30.6 Å². The number of carboxylic acids is 1. The van der Waals surface area contributed by atoms with E-state index in [0.29, 0.717) is 30.2 Å². The number of pyridine rings is 1. The van der Waals surface area contributed by atoms with Crippen molar-refractivity contribution in [1.82, 2.24) is 9.88 Å². The predicted octanol–water partition coefficient (Wildman–Crippen LogP) is 3.05. The molecular formula is C21H26N2O5. The van der Waals surface area contributed by atoms with Crippen LogP contribution in [-0.2, 0) is 4.79 Å². The molecule has 2 heterocycles. The highest BCUT2D eigenvalue weighted by molar-refractivity contribution is 5.74. The maximum Gasteiger partial charge on any atom is 0.320 e. The van der Waals surface area contributed by atoms with Crippen LogP contribution in [0.3, 0.4) is 0 Å². The first kappa shape index (κ1) is 19.9. The molecule has 0 aliphatic carbocycles. The highest BCUT2D eigenvalue weighted by Crippen LogP contribution is 2.44. The van der Waals surface area contributed by atoms with Crippen LogP contribution >= 0.6 is 0 Å². The summed E-state index contributed by atoms with van der Waals surface area (Å²) < 4.78 is 16.5. The second-order valence-electron chi connectivity index (χ2n) is 6.83. The predicted molar refractivity (Wildman–Crippen MR) is 104 cm³/mol. The van der Waals surface area contributed by atoms with Gasteiger partial charge in [0.15, 0.2) is 11.5 Å². The molecule has 2 atom stereocenters. The molecule has 1 aromatic carbocycles. The smallest absolute Gasteiger partial charge is 0.320 e. The van der Waals surface area contributed by atoms with Gasteiger partial charge in [0.1, 0.15) is 6.04 Å². The lowest BCUT2D eigenvalue weighted by molar-refractivity contribution is -0.142. The molecular weight excluding hydrogens is 360 g/mol. The van der Waals surface area contributed by atoms with Crippen molar-refractivity contribution in [3.8, 4) is 17.2 Å². The standard InChI is InChI=1S/C21H26N2O5/c1-13-12-22-8-7-15(13)19(23-9-5-6-16(23)21(24)25)14-10-17(26-2)20(28-4)18(11-14)27-3/h7-8,10-12,16,19H,5-6,9H2,1-4H3,(H,24,25). The van der Waals surface area contributed by atoms with Crippen LogP contribution in [0.2, 0.25) is 0 Å². The fourth-order valence-electron chi connectivity index (χ4n) is 3.96. The average Bonchev–Trinajstić information content (AvgIpc) is 3.18. The van der Waals surface area contributed by atoms with E-state index in [-0.39, 0.29) is 6.04 Å². The normalized spacial score (nSPS) is 17.9. The average molecular weight is 386 g/mol. The Labute approximate surface area is 164 Å². The number of nitrogens with zero attached hydrogens (tertiary/aromatic N) is 2. The van der Waals surface area contributed by atoms with Gasteiger partial charge in [-0.25, -0.2) is 0 Å². The molecule has 0 bridgehead atoms. The van der Waals surface area contributed by atoms with Gasteiger partial charge in [0, 0.05) is 18.9 Å². The van der Waals surface area contributed by atoms with E-state index in [1.807, 2.05) is 30.0 Å². The summed E-state index contributed by atoms with van der Waals surface area (Å²) in [7, 11) is 4.71. The van der Waals surface area contributed by atoms with E-state index in [1.165, 1.54) is 0 Å². The SMILES string of the molecule is COc1cc(C(c2ccncc2C)N2CCCC2C(=O)O)cc(OC)c1OC. The minimum absolute atomic E-state index is 0.264. The summed E-state index contributed by atoms with van der Waals surface area (Å²) in [6, 6.07) is 4.92. The Bertz CT molecular complexity index is 829. The summed E-state index contributed by atoms with van der Waals surface area (Å²) in [4.78, 5) is 18.1. The lowest BCUT2D eigenvalue weighted by atomic mass is 9.93. The maximum absolute atomic E-state index is 11.9. The molecule has 7 heteroatoms. The zero-order valence-corrected chi connectivity index (χ0v) is 16.6. The maximum atomic E-state index is 11.9. The number of hydrogen-bond donors (Lipinski definition) is 1. The number of benzene rings is 1. The molecule has 7 nitrogen and oxygen atoms in total. The molecule has 3 rings (SSSR count). The summed E-state index contributed by atoms with van der Waals surface area (Å²) in [5.41, 5.74) is 2.90. The molecule has 1 fully saturated rings. The summed E-state index contributed by atoms with van der Waals surface area (Å²) in [6.45, 7) is 2.68. The first-order valence-corrected chi connectivity index (χ1v) is 9.20. The van der Waals surface area contributed by atoms with Crippen molar-refractivity contribution in [2.75, 3.05) is 27.9 Å². The third-order valence-electron chi connectivity index (χ3n) is 5.27. The molecule has 0 radical (unpaired) electrons. The molecule has 28 heavy (non-hydrogen) atoms. The molecule has 1 saturated heterocycles. The molecule has 0 spiro atoms. The second-order valence-corrected chi connectivity index (χ2v) is 6.83. The second kappa shape index (κ2) is 8.48. The van der Waals surface area contributed by atoms with Gasteiger partial charge in [-0.15, -0.1) is 0 Å². The molecule has 1 N–H and O–H groups in total. The van der Waals surface area contributed by atoms with Crippen molar-refractivity contribution in [2.24, 2.45) is 0 Å². The summed E-state index contributed by atoms with van der Waals surface area (Å²) in [5, 5.41) is 9.76. The third-order valence-corrected chi connectivity index (χ3v) is 5.27. The van der Waals surface area contributed by atoms with E-state index < -0.39 is 12.0 Å². The quantitative estimate of drug-likeness (QED) is 0.783. The number of rotatable bonds is 7. The lowest BCUT2D eigenvalue weighted by Gasteiger charge is -2.33. The van der Waals surface area contributed by atoms with Crippen LogP contribution < -0.4 is 14.2 Å². The van der Waals surface area contributed by atoms with Gasteiger partial charge in [0.2, 0.25) is 5.75 Å². The Kier molecular flexibility index (Phi) is 6.04. The highest BCUT2D eigenvalue weighted by Gasteiger charge is 2.38.